The van der Waals surface area contributed by atoms with E-state index < -0.39 is 18.4 Å². The van der Waals surface area contributed by atoms with Crippen molar-refractivity contribution >= 4 is 45.9 Å². The van der Waals surface area contributed by atoms with Crippen LogP contribution in [-0.4, -0.2) is 40.3 Å². The lowest BCUT2D eigenvalue weighted by Crippen LogP contribution is -2.25. The fraction of sp³-hybridized carbons (Fsp3) is 0.115. The third-order valence-corrected chi connectivity index (χ3v) is 5.96. The molecule has 0 atom stereocenters. The molecule has 9 heteroatoms. The van der Waals surface area contributed by atoms with Crippen molar-refractivity contribution in [3.8, 4) is 5.69 Å². The van der Waals surface area contributed by atoms with Crippen LogP contribution in [0.4, 0.5) is 5.69 Å². The van der Waals surface area contributed by atoms with Crippen molar-refractivity contribution in [2.24, 2.45) is 0 Å². The van der Waals surface area contributed by atoms with Gasteiger partial charge < -0.3 is 10.1 Å². The molecule has 0 saturated heterocycles. The molecule has 8 nitrogen and oxygen atoms in total. The summed E-state index contributed by atoms with van der Waals surface area (Å²) >= 11 is 1.43. The molecule has 0 aliphatic carbocycles. The zero-order valence-electron chi connectivity index (χ0n) is 19.0. The number of ketones is 1. The summed E-state index contributed by atoms with van der Waals surface area (Å²) in [5, 5.41) is 7.59. The van der Waals surface area contributed by atoms with Crippen LogP contribution in [0.15, 0.2) is 82.5 Å². The number of amides is 1. The molecule has 0 unspecified atom stereocenters. The molecule has 4 rings (SSSR count). The van der Waals surface area contributed by atoms with Crippen molar-refractivity contribution in [1.29, 1.82) is 0 Å². The summed E-state index contributed by atoms with van der Waals surface area (Å²) in [6.45, 7) is 0.851. The van der Waals surface area contributed by atoms with Crippen LogP contribution in [0.1, 0.15) is 27.8 Å². The molecule has 3 aromatic carbocycles. The standard InChI is InChI=1S/C26H21N3O5S/c1-16(30)27-21-14-17(12-13-23(21)35-2)22(31)15-34-26(33)24-19-10-6-7-11-20(19)25(32)29(28-24)18-8-4-3-5-9-18/h3-14H,15H2,1-2H3,(H,27,30). The molecule has 0 aliphatic rings. The van der Waals surface area contributed by atoms with Crippen LogP contribution in [0.2, 0.25) is 0 Å². The zero-order chi connectivity index (χ0) is 24.9. The third kappa shape index (κ3) is 5.15. The predicted octanol–water partition coefficient (Wildman–Crippen LogP) is 4.11. The number of carbonyl (C=O) groups is 3. The van der Waals surface area contributed by atoms with E-state index in [0.717, 1.165) is 9.58 Å². The minimum Gasteiger partial charge on any atom is -0.452 e. The second-order valence-corrected chi connectivity index (χ2v) is 8.39. The van der Waals surface area contributed by atoms with Gasteiger partial charge in [0.25, 0.3) is 5.56 Å². The highest BCUT2D eigenvalue weighted by Crippen LogP contribution is 2.27. The Hall–Kier alpha value is -4.24. The molecule has 0 fully saturated rings. The molecule has 1 amide bonds. The van der Waals surface area contributed by atoms with Gasteiger partial charge in [-0.1, -0.05) is 42.5 Å². The molecule has 1 heterocycles. The Morgan fingerprint density at radius 2 is 1.66 bits per heavy atom. The van der Waals surface area contributed by atoms with Crippen LogP contribution in [-0.2, 0) is 9.53 Å². The zero-order valence-corrected chi connectivity index (χ0v) is 19.8. The Labute approximate surface area is 204 Å². The molecule has 0 bridgehead atoms. The monoisotopic (exact) mass is 487 g/mol. The molecular formula is C26H21N3O5S. The van der Waals surface area contributed by atoms with Crippen molar-refractivity contribution in [2.45, 2.75) is 11.8 Å². The Morgan fingerprint density at radius 3 is 2.34 bits per heavy atom. The highest BCUT2D eigenvalue weighted by Gasteiger charge is 2.20. The van der Waals surface area contributed by atoms with Gasteiger partial charge in [0.15, 0.2) is 18.1 Å². The summed E-state index contributed by atoms with van der Waals surface area (Å²) in [6.07, 6.45) is 1.86. The van der Waals surface area contributed by atoms with E-state index in [4.69, 9.17) is 4.74 Å². The number of fused-ring (bicyclic) bond motifs is 1. The van der Waals surface area contributed by atoms with Gasteiger partial charge in [0.1, 0.15) is 0 Å². The first-order valence-corrected chi connectivity index (χ1v) is 11.8. The molecule has 1 aromatic heterocycles. The van der Waals surface area contributed by atoms with E-state index in [1.54, 1.807) is 72.8 Å². The number of esters is 1. The summed E-state index contributed by atoms with van der Waals surface area (Å²) in [5.74, 6) is -1.54. The van der Waals surface area contributed by atoms with Crippen molar-refractivity contribution in [3.63, 3.8) is 0 Å². The SMILES string of the molecule is CSc1ccc(C(=O)COC(=O)c2nn(-c3ccccc3)c(=O)c3ccccc23)cc1NC(C)=O. The average Bonchev–Trinajstić information content (AvgIpc) is 2.87. The van der Waals surface area contributed by atoms with Gasteiger partial charge >= 0.3 is 5.97 Å². The molecule has 0 spiro atoms. The Balaban J connectivity index is 1.62. The highest BCUT2D eigenvalue weighted by atomic mass is 32.2. The summed E-state index contributed by atoms with van der Waals surface area (Å²) < 4.78 is 6.44. The fourth-order valence-electron chi connectivity index (χ4n) is 3.54. The van der Waals surface area contributed by atoms with E-state index in [1.807, 2.05) is 6.26 Å². The number of nitrogens with zero attached hydrogens (tertiary/aromatic N) is 2. The van der Waals surface area contributed by atoms with Crippen molar-refractivity contribution in [3.05, 3.63) is 94.4 Å². The molecular weight excluding hydrogens is 466 g/mol. The predicted molar refractivity (Wildman–Crippen MR) is 134 cm³/mol. The smallest absolute Gasteiger partial charge is 0.359 e. The number of para-hydroxylation sites is 1. The number of nitrogens with one attached hydrogen (secondary N) is 1. The first-order valence-electron chi connectivity index (χ1n) is 10.6. The summed E-state index contributed by atoms with van der Waals surface area (Å²) in [4.78, 5) is 51.0. The number of hydrogen-bond donors (Lipinski definition) is 1. The van der Waals surface area contributed by atoms with Gasteiger partial charge in [0.2, 0.25) is 5.91 Å². The Morgan fingerprint density at radius 1 is 0.971 bits per heavy atom. The molecule has 4 aromatic rings. The number of benzene rings is 3. The first-order chi connectivity index (χ1) is 16.9. The Kier molecular flexibility index (Phi) is 7.07. The maximum absolute atomic E-state index is 13.0. The molecule has 0 aliphatic heterocycles. The lowest BCUT2D eigenvalue weighted by atomic mass is 10.1. The van der Waals surface area contributed by atoms with E-state index in [9.17, 15) is 19.2 Å². The molecule has 176 valence electrons. The average molecular weight is 488 g/mol. The van der Waals surface area contributed by atoms with E-state index >= 15 is 0 Å². The number of anilines is 1. The maximum Gasteiger partial charge on any atom is 0.359 e. The number of Topliss-reactive ketones (excluding diaryl/α,β-unsaturated/α-hetero) is 1. The van der Waals surface area contributed by atoms with Gasteiger partial charge in [-0.25, -0.2) is 4.79 Å². The van der Waals surface area contributed by atoms with Gasteiger partial charge in [0.05, 0.1) is 16.8 Å². The third-order valence-electron chi connectivity index (χ3n) is 5.17. The highest BCUT2D eigenvalue weighted by molar-refractivity contribution is 7.98. The van der Waals surface area contributed by atoms with Gasteiger partial charge in [-0.2, -0.15) is 9.78 Å². The van der Waals surface area contributed by atoms with Gasteiger partial charge in [0, 0.05) is 22.8 Å². The lowest BCUT2D eigenvalue weighted by molar-refractivity contribution is -0.114. The Bertz CT molecular complexity index is 1500. The van der Waals surface area contributed by atoms with Crippen LogP contribution in [0.5, 0.6) is 0 Å². The summed E-state index contributed by atoms with van der Waals surface area (Å²) in [5.41, 5.74) is 0.830. The van der Waals surface area contributed by atoms with Crippen LogP contribution < -0.4 is 10.9 Å². The number of aromatic nitrogens is 2. The van der Waals surface area contributed by atoms with Gasteiger partial charge in [-0.3, -0.25) is 14.4 Å². The fourth-order valence-corrected chi connectivity index (χ4v) is 4.07. The van der Waals surface area contributed by atoms with Gasteiger partial charge in [-0.05, 0) is 36.6 Å². The number of hydrogen-bond acceptors (Lipinski definition) is 7. The molecule has 0 radical (unpaired) electrons. The first kappa shape index (κ1) is 23.9. The minimum absolute atomic E-state index is 0.0754. The molecule has 0 saturated carbocycles. The van der Waals surface area contributed by atoms with Crippen LogP contribution >= 0.6 is 11.8 Å². The van der Waals surface area contributed by atoms with Crippen molar-refractivity contribution in [1.82, 2.24) is 9.78 Å². The maximum atomic E-state index is 13.0. The van der Waals surface area contributed by atoms with E-state index in [-0.39, 0.29) is 22.7 Å². The lowest BCUT2D eigenvalue weighted by Gasteiger charge is -2.12. The topological polar surface area (TPSA) is 107 Å². The van der Waals surface area contributed by atoms with Crippen LogP contribution in [0.3, 0.4) is 0 Å². The van der Waals surface area contributed by atoms with E-state index in [0.29, 0.717) is 22.1 Å². The van der Waals surface area contributed by atoms with Crippen LogP contribution in [0, 0.1) is 0 Å². The second-order valence-electron chi connectivity index (χ2n) is 7.54. The quantitative estimate of drug-likeness (QED) is 0.237. The van der Waals surface area contributed by atoms with E-state index in [1.165, 1.54) is 18.7 Å². The summed E-state index contributed by atoms with van der Waals surface area (Å²) in [7, 11) is 0. The van der Waals surface area contributed by atoms with Gasteiger partial charge in [-0.15, -0.1) is 11.8 Å². The van der Waals surface area contributed by atoms with Crippen molar-refractivity contribution in [2.75, 3.05) is 18.2 Å². The minimum atomic E-state index is -0.831. The number of thioether (sulfide) groups is 1. The summed E-state index contributed by atoms with van der Waals surface area (Å²) in [6, 6.07) is 20.2. The number of carbonyl (C=O) groups excluding carboxylic acids is 3. The number of rotatable bonds is 7. The van der Waals surface area contributed by atoms with E-state index in [2.05, 4.69) is 10.4 Å². The second kappa shape index (κ2) is 10.4. The largest absolute Gasteiger partial charge is 0.452 e. The number of ether oxygens (including phenoxy) is 1. The van der Waals surface area contributed by atoms with Crippen molar-refractivity contribution < 1.29 is 19.1 Å². The molecule has 35 heavy (non-hydrogen) atoms. The normalized spacial score (nSPS) is 10.7. The molecule has 1 N–H and O–H groups in total. The van der Waals surface area contributed by atoms with Crippen LogP contribution in [0.25, 0.3) is 16.5 Å².